The highest BCUT2D eigenvalue weighted by Gasteiger charge is 2.09. The van der Waals surface area contributed by atoms with E-state index in [2.05, 4.69) is 100 Å². The van der Waals surface area contributed by atoms with Gasteiger partial charge in [0, 0.05) is 42.3 Å². The number of aromatic nitrogens is 10. The van der Waals surface area contributed by atoms with Crippen LogP contribution in [0.15, 0.2) is 91.6 Å². The van der Waals surface area contributed by atoms with Crippen LogP contribution in [0.3, 0.4) is 0 Å². The molecule has 0 spiro atoms. The van der Waals surface area contributed by atoms with Crippen LogP contribution in [0.4, 0.5) is 0 Å². The predicted octanol–water partition coefficient (Wildman–Crippen LogP) is 11.4. The highest BCUT2D eigenvalue weighted by atomic mass is 32.1. The second kappa shape index (κ2) is 20.0. The number of hydrogen-bond donors (Lipinski definition) is 1. The van der Waals surface area contributed by atoms with Gasteiger partial charge in [0.25, 0.3) is 0 Å². The number of H-pyrrole nitrogens is 1. The molecule has 10 nitrogen and oxygen atoms in total. The molecule has 0 aliphatic rings. The zero-order valence-electron chi connectivity index (χ0n) is 29.4. The van der Waals surface area contributed by atoms with E-state index in [-0.39, 0.29) is 22.3 Å². The van der Waals surface area contributed by atoms with Crippen LogP contribution in [-0.4, -0.2) is 49.3 Å². The van der Waals surface area contributed by atoms with E-state index in [0.717, 1.165) is 49.6 Å². The van der Waals surface area contributed by atoms with Crippen LogP contribution in [0.25, 0.3) is 38.1 Å². The fraction of sp³-hybridized carbons (Fsp3) is 0.366. The summed E-state index contributed by atoms with van der Waals surface area (Å²) in [5.41, 5.74) is 10.5. The summed E-state index contributed by atoms with van der Waals surface area (Å²) in [6, 6.07) is 14.0. The molecular weight excluding hydrogens is 665 g/mol. The van der Waals surface area contributed by atoms with Crippen LogP contribution in [0.5, 0.6) is 0 Å². The maximum atomic E-state index is 4.34. The first-order chi connectivity index (χ1) is 23.7. The lowest BCUT2D eigenvalue weighted by atomic mass is 10.0. The Morgan fingerprint density at radius 3 is 1.98 bits per heavy atom. The Morgan fingerprint density at radius 1 is 0.596 bits per heavy atom. The second-order valence-electron chi connectivity index (χ2n) is 12.8. The van der Waals surface area contributed by atoms with E-state index in [1.165, 1.54) is 11.1 Å². The lowest BCUT2D eigenvalue weighted by Crippen LogP contribution is -2.02. The van der Waals surface area contributed by atoms with E-state index in [1.54, 1.807) is 24.0 Å². The Kier molecular flexibility index (Phi) is 16.6. The number of rotatable bonds is 4. The lowest BCUT2D eigenvalue weighted by Gasteiger charge is -2.07. The Labute approximate surface area is 313 Å². The maximum Gasteiger partial charge on any atom is 0.143 e. The van der Waals surface area contributed by atoms with Crippen LogP contribution in [0, 0.1) is 0 Å². The van der Waals surface area contributed by atoms with Gasteiger partial charge in [-0.2, -0.15) is 0 Å². The molecule has 8 aromatic heterocycles. The van der Waals surface area contributed by atoms with Crippen LogP contribution in [-0.2, 0) is 0 Å². The summed E-state index contributed by atoms with van der Waals surface area (Å²) in [6.45, 7) is 17.2. The van der Waals surface area contributed by atoms with Crippen molar-refractivity contribution in [3.05, 3.63) is 114 Å². The summed E-state index contributed by atoms with van der Waals surface area (Å²) in [5.74, 6) is 2.97. The smallest absolute Gasteiger partial charge is 0.143 e. The molecule has 0 atom stereocenters. The Balaban J connectivity index is 0.000000236. The molecule has 0 aliphatic carbocycles. The molecule has 0 fully saturated rings. The van der Waals surface area contributed by atoms with Crippen molar-refractivity contribution in [1.82, 2.24) is 49.3 Å². The molecule has 0 radical (unpaired) electrons. The van der Waals surface area contributed by atoms with E-state index in [4.69, 9.17) is 0 Å². The van der Waals surface area contributed by atoms with Crippen molar-refractivity contribution in [1.29, 1.82) is 0 Å². The summed E-state index contributed by atoms with van der Waals surface area (Å²) in [5, 5.41) is 1.13. The lowest BCUT2D eigenvalue weighted by molar-refractivity contribution is 0.743. The van der Waals surface area contributed by atoms with Gasteiger partial charge in [0.05, 0.1) is 22.2 Å². The predicted molar refractivity (Wildman–Crippen MR) is 220 cm³/mol. The van der Waals surface area contributed by atoms with Gasteiger partial charge in [-0.1, -0.05) is 77.7 Å². The molecule has 276 valence electrons. The molecule has 8 heterocycles. The number of nitrogens with zero attached hydrogens (tertiary/aromatic N) is 9. The second-order valence-corrected chi connectivity index (χ2v) is 13.6. The van der Waals surface area contributed by atoms with E-state index in [9.17, 15) is 0 Å². The molecule has 0 aliphatic heterocycles. The highest BCUT2D eigenvalue weighted by molar-refractivity contribution is 7.16. The highest BCUT2D eigenvalue weighted by Crippen LogP contribution is 2.25. The molecule has 11 heteroatoms. The number of pyridine rings is 3. The van der Waals surface area contributed by atoms with E-state index < -0.39 is 0 Å². The van der Waals surface area contributed by atoms with Crippen LogP contribution in [0.1, 0.15) is 124 Å². The molecule has 0 unspecified atom stereocenters. The van der Waals surface area contributed by atoms with Gasteiger partial charge in [-0.05, 0) is 71.3 Å². The van der Waals surface area contributed by atoms with Gasteiger partial charge in [0.1, 0.15) is 40.1 Å². The quantitative estimate of drug-likeness (QED) is 0.190. The van der Waals surface area contributed by atoms with Crippen molar-refractivity contribution >= 4 is 49.4 Å². The van der Waals surface area contributed by atoms with Crippen LogP contribution >= 0.6 is 11.3 Å². The van der Waals surface area contributed by atoms with Crippen molar-refractivity contribution in [3.63, 3.8) is 0 Å². The monoisotopic (exact) mass is 720 g/mol. The minimum atomic E-state index is 0. The van der Waals surface area contributed by atoms with Gasteiger partial charge in [0.2, 0.25) is 0 Å². The first kappa shape index (κ1) is 43.0. The topological polar surface area (TPSA) is 123 Å². The largest absolute Gasteiger partial charge is 0.346 e. The summed E-state index contributed by atoms with van der Waals surface area (Å²) >= 11 is 1.60. The normalized spacial score (nSPS) is 10.5. The van der Waals surface area contributed by atoms with Crippen molar-refractivity contribution in [3.8, 4) is 0 Å². The molecule has 0 saturated heterocycles. The SMILES string of the molecule is C.C.C.CC(C)c1ccnc2cccnc12.CC(C)c1ccnc2scnc12.CC(C)c1ncnc2[nH]ccc12.CC(C)c1ncnc2cccn12. The fourth-order valence-electron chi connectivity index (χ4n) is 5.39. The first-order valence-corrected chi connectivity index (χ1v) is 17.5. The molecule has 1 N–H and O–H groups in total. The van der Waals surface area contributed by atoms with Crippen molar-refractivity contribution < 1.29 is 0 Å². The zero-order valence-corrected chi connectivity index (χ0v) is 30.2. The van der Waals surface area contributed by atoms with E-state index >= 15 is 0 Å². The van der Waals surface area contributed by atoms with Crippen molar-refractivity contribution in [2.75, 3.05) is 0 Å². The van der Waals surface area contributed by atoms with Crippen molar-refractivity contribution in [2.45, 2.75) is 101 Å². The van der Waals surface area contributed by atoms with Crippen molar-refractivity contribution in [2.24, 2.45) is 0 Å². The van der Waals surface area contributed by atoms with E-state index in [1.807, 2.05) is 83.4 Å². The zero-order chi connectivity index (χ0) is 34.9. The molecular formula is C41H56N10S. The fourth-order valence-corrected chi connectivity index (χ4v) is 6.05. The van der Waals surface area contributed by atoms with Gasteiger partial charge < -0.3 is 4.98 Å². The van der Waals surface area contributed by atoms with Gasteiger partial charge in [0.15, 0.2) is 0 Å². The maximum absolute atomic E-state index is 4.34. The molecule has 0 saturated carbocycles. The molecule has 0 bridgehead atoms. The third-order valence-corrected chi connectivity index (χ3v) is 8.57. The molecule has 52 heavy (non-hydrogen) atoms. The molecule has 0 aromatic carbocycles. The summed E-state index contributed by atoms with van der Waals surface area (Å²) in [7, 11) is 0. The molecule has 0 amide bonds. The van der Waals surface area contributed by atoms with Gasteiger partial charge >= 0.3 is 0 Å². The Hall–Kier alpha value is -5.16. The minimum Gasteiger partial charge on any atom is -0.346 e. The summed E-state index contributed by atoms with van der Waals surface area (Å²) in [6.07, 6.45) is 12.6. The number of thiazole rings is 1. The van der Waals surface area contributed by atoms with Gasteiger partial charge in [-0.3, -0.25) is 14.4 Å². The van der Waals surface area contributed by atoms with Gasteiger partial charge in [-0.15, -0.1) is 11.3 Å². The number of nitrogens with one attached hydrogen (secondary N) is 1. The average Bonchev–Trinajstić information content (AvgIpc) is 3.89. The van der Waals surface area contributed by atoms with Crippen LogP contribution in [0.2, 0.25) is 0 Å². The minimum absolute atomic E-state index is 0. The number of aromatic amines is 1. The number of hydrogen-bond acceptors (Lipinski definition) is 9. The Morgan fingerprint density at radius 2 is 1.29 bits per heavy atom. The molecule has 8 aromatic rings. The summed E-state index contributed by atoms with van der Waals surface area (Å²) in [4.78, 5) is 38.0. The third-order valence-electron chi connectivity index (χ3n) is 7.84. The summed E-state index contributed by atoms with van der Waals surface area (Å²) < 4.78 is 2.02. The third kappa shape index (κ3) is 10.2. The first-order valence-electron chi connectivity index (χ1n) is 16.6. The van der Waals surface area contributed by atoms with Crippen LogP contribution < -0.4 is 0 Å². The number of fused-ring (bicyclic) bond motifs is 4. The van der Waals surface area contributed by atoms with E-state index in [0.29, 0.717) is 23.7 Å². The Bertz CT molecular complexity index is 2040. The molecule has 8 rings (SSSR count). The van der Waals surface area contributed by atoms with Gasteiger partial charge in [-0.25, -0.2) is 29.9 Å². The average molecular weight is 721 g/mol. The standard InChI is InChI=1S/C11H12N2.2C9H11N3.C9H10N2S.3CH4/c1-8(2)9-5-7-12-10-4-3-6-13-11(9)10;1-6(2)8-7-3-4-10-9(7)12-5-11-8;1-7(2)9-11-6-10-8-4-3-5-12(8)9;1-6(2)7-3-4-10-9-8(7)11-5-12-9;;;/h3-8H,1-2H3;3-6H,1-2H3,(H,10,11,12);3-7H,1-2H3;3-6H,1-2H3;3*1H4.